The molecule has 2 rings (SSSR count). The number of alkyl halides is 3. The van der Waals surface area contributed by atoms with Gasteiger partial charge in [-0.25, -0.2) is 4.98 Å². The van der Waals surface area contributed by atoms with Crippen molar-refractivity contribution in [1.29, 1.82) is 5.26 Å². The smallest absolute Gasteiger partial charge is 0.417 e. The third-order valence-electron chi connectivity index (χ3n) is 3.65. The van der Waals surface area contributed by atoms with E-state index in [0.29, 0.717) is 23.7 Å². The zero-order chi connectivity index (χ0) is 20.6. The van der Waals surface area contributed by atoms with Gasteiger partial charge in [-0.2, -0.15) is 30.2 Å². The first-order chi connectivity index (χ1) is 13.4. The van der Waals surface area contributed by atoms with Gasteiger partial charge in [0.1, 0.15) is 23.5 Å². The van der Waals surface area contributed by atoms with Crippen LogP contribution in [0, 0.1) is 11.3 Å². The summed E-state index contributed by atoms with van der Waals surface area (Å²) in [6.45, 7) is 3.90. The molecule has 0 aliphatic heterocycles. The molecule has 8 heteroatoms. The summed E-state index contributed by atoms with van der Waals surface area (Å²) in [6.07, 6.45) is -0.246. The van der Waals surface area contributed by atoms with Crippen molar-refractivity contribution >= 4 is 23.5 Å². The maximum absolute atomic E-state index is 13.5. The number of pyridine rings is 1. The van der Waals surface area contributed by atoms with Crippen LogP contribution < -0.4 is 4.74 Å². The predicted octanol–water partition coefficient (Wildman–Crippen LogP) is 6.05. The fourth-order valence-electron chi connectivity index (χ4n) is 2.35. The predicted molar refractivity (Wildman–Crippen MR) is 109 cm³/mol. The molecule has 0 bridgehead atoms. The summed E-state index contributed by atoms with van der Waals surface area (Å²) >= 11 is 2.85. The van der Waals surface area contributed by atoms with E-state index >= 15 is 0 Å². The van der Waals surface area contributed by atoms with Gasteiger partial charge in [0, 0.05) is 11.3 Å². The normalized spacial score (nSPS) is 11.1. The molecule has 0 aliphatic carbocycles. The molecule has 0 amide bonds. The van der Waals surface area contributed by atoms with Crippen LogP contribution in [0.2, 0.25) is 0 Å². The Labute approximate surface area is 171 Å². The molecular formula is C20H19F3N2OS2. The summed E-state index contributed by atoms with van der Waals surface area (Å²) in [4.78, 5) is 4.35. The second-order valence-corrected chi connectivity index (χ2v) is 7.73. The SMILES string of the molecule is C=CCOc1ccc(-c2cc(C(F)(F)F)c(C#N)c(SCCCSC)n2)cc1. The molecule has 0 aliphatic rings. The summed E-state index contributed by atoms with van der Waals surface area (Å²) in [7, 11) is 0. The molecule has 148 valence electrons. The van der Waals surface area contributed by atoms with Crippen LogP contribution in [0.4, 0.5) is 13.2 Å². The Hall–Kier alpha value is -2.11. The molecule has 0 saturated carbocycles. The third-order valence-corrected chi connectivity index (χ3v) is 5.41. The summed E-state index contributed by atoms with van der Waals surface area (Å²) in [5, 5.41) is 9.43. The zero-order valence-electron chi connectivity index (χ0n) is 15.3. The number of nitrogens with zero attached hydrogens (tertiary/aromatic N) is 2. The van der Waals surface area contributed by atoms with Crippen LogP contribution in [-0.4, -0.2) is 29.4 Å². The Balaban J connectivity index is 2.43. The fraction of sp³-hybridized carbons (Fsp3) is 0.300. The van der Waals surface area contributed by atoms with Crippen LogP contribution in [0.3, 0.4) is 0 Å². The average Bonchev–Trinajstić information content (AvgIpc) is 2.68. The van der Waals surface area contributed by atoms with Crippen LogP contribution in [0.25, 0.3) is 11.3 Å². The molecule has 0 spiro atoms. The van der Waals surface area contributed by atoms with E-state index in [-0.39, 0.29) is 10.7 Å². The third kappa shape index (κ3) is 5.94. The fourth-order valence-corrected chi connectivity index (χ4v) is 3.92. The molecular weight excluding hydrogens is 405 g/mol. The van der Waals surface area contributed by atoms with Crippen molar-refractivity contribution in [2.45, 2.75) is 17.6 Å². The minimum Gasteiger partial charge on any atom is -0.490 e. The van der Waals surface area contributed by atoms with Gasteiger partial charge in [-0.15, -0.1) is 11.8 Å². The molecule has 0 unspecified atom stereocenters. The van der Waals surface area contributed by atoms with Gasteiger partial charge >= 0.3 is 6.18 Å². The minimum absolute atomic E-state index is 0.111. The van der Waals surface area contributed by atoms with Crippen LogP contribution in [0.15, 0.2) is 48.0 Å². The zero-order valence-corrected chi connectivity index (χ0v) is 16.9. The first-order valence-electron chi connectivity index (χ1n) is 8.39. The van der Waals surface area contributed by atoms with Crippen molar-refractivity contribution in [2.24, 2.45) is 0 Å². The second kappa shape index (κ2) is 10.4. The van der Waals surface area contributed by atoms with E-state index < -0.39 is 17.3 Å². The topological polar surface area (TPSA) is 45.9 Å². The van der Waals surface area contributed by atoms with E-state index in [1.54, 1.807) is 48.2 Å². The van der Waals surface area contributed by atoms with Crippen LogP contribution in [-0.2, 0) is 6.18 Å². The number of hydrogen-bond acceptors (Lipinski definition) is 5. The molecule has 2 aromatic rings. The molecule has 1 aromatic carbocycles. The van der Waals surface area contributed by atoms with Crippen molar-refractivity contribution in [3.63, 3.8) is 0 Å². The van der Waals surface area contributed by atoms with Crippen molar-refractivity contribution in [1.82, 2.24) is 4.98 Å². The first-order valence-corrected chi connectivity index (χ1v) is 10.8. The van der Waals surface area contributed by atoms with Gasteiger partial charge < -0.3 is 4.74 Å². The number of aromatic nitrogens is 1. The quantitative estimate of drug-likeness (QED) is 0.279. The van der Waals surface area contributed by atoms with E-state index in [9.17, 15) is 18.4 Å². The average molecular weight is 425 g/mol. The van der Waals surface area contributed by atoms with Crippen molar-refractivity contribution in [3.8, 4) is 23.1 Å². The molecule has 0 atom stereocenters. The lowest BCUT2D eigenvalue weighted by molar-refractivity contribution is -0.138. The van der Waals surface area contributed by atoms with Gasteiger partial charge in [-0.05, 0) is 48.8 Å². The number of halogens is 3. The van der Waals surface area contributed by atoms with E-state index in [2.05, 4.69) is 11.6 Å². The molecule has 0 N–H and O–H groups in total. The molecule has 0 fully saturated rings. The van der Waals surface area contributed by atoms with Gasteiger partial charge in [0.25, 0.3) is 0 Å². The van der Waals surface area contributed by atoms with Crippen molar-refractivity contribution in [2.75, 3.05) is 24.4 Å². The van der Waals surface area contributed by atoms with Gasteiger partial charge in [0.05, 0.1) is 16.8 Å². The highest BCUT2D eigenvalue weighted by atomic mass is 32.2. The molecule has 1 aromatic heterocycles. The maximum Gasteiger partial charge on any atom is 0.417 e. The molecule has 0 saturated heterocycles. The van der Waals surface area contributed by atoms with Gasteiger partial charge in [-0.1, -0.05) is 12.7 Å². The number of rotatable bonds is 9. The Morgan fingerprint density at radius 3 is 2.54 bits per heavy atom. The maximum atomic E-state index is 13.5. The van der Waals surface area contributed by atoms with E-state index in [4.69, 9.17) is 4.74 Å². The molecule has 28 heavy (non-hydrogen) atoms. The Morgan fingerprint density at radius 2 is 1.96 bits per heavy atom. The monoisotopic (exact) mass is 424 g/mol. The standard InChI is InChI=1S/C20H19F3N2OS2/c1-3-9-26-15-7-5-14(6-8-15)18-12-17(20(21,22)23)16(13-24)19(25-18)28-11-4-10-27-2/h3,5-8,12H,1,4,9-11H2,2H3. The first kappa shape index (κ1) is 22.2. The minimum atomic E-state index is -4.63. The summed E-state index contributed by atoms with van der Waals surface area (Å²) < 4.78 is 46.0. The number of thioether (sulfide) groups is 2. The lowest BCUT2D eigenvalue weighted by atomic mass is 10.1. The highest BCUT2D eigenvalue weighted by molar-refractivity contribution is 7.99. The molecule has 1 heterocycles. The van der Waals surface area contributed by atoms with Crippen LogP contribution in [0.1, 0.15) is 17.5 Å². The summed E-state index contributed by atoms with van der Waals surface area (Å²) in [5.41, 5.74) is -0.684. The molecule has 0 radical (unpaired) electrons. The number of hydrogen-bond donors (Lipinski definition) is 0. The van der Waals surface area contributed by atoms with Crippen LogP contribution in [0.5, 0.6) is 5.75 Å². The van der Waals surface area contributed by atoms with Crippen LogP contribution >= 0.6 is 23.5 Å². The van der Waals surface area contributed by atoms with Gasteiger partial charge in [0.2, 0.25) is 0 Å². The lowest BCUT2D eigenvalue weighted by Gasteiger charge is -2.14. The summed E-state index contributed by atoms with van der Waals surface area (Å²) in [5.74, 6) is 2.07. The number of nitriles is 1. The van der Waals surface area contributed by atoms with Crippen molar-refractivity contribution < 1.29 is 17.9 Å². The second-order valence-electron chi connectivity index (χ2n) is 5.66. The number of ether oxygens (including phenoxy) is 1. The largest absolute Gasteiger partial charge is 0.490 e. The Morgan fingerprint density at radius 1 is 1.25 bits per heavy atom. The number of benzene rings is 1. The van der Waals surface area contributed by atoms with E-state index in [1.807, 2.05) is 6.26 Å². The van der Waals surface area contributed by atoms with Gasteiger partial charge in [-0.3, -0.25) is 0 Å². The van der Waals surface area contributed by atoms with E-state index in [0.717, 1.165) is 18.2 Å². The Kier molecular flexibility index (Phi) is 8.27. The van der Waals surface area contributed by atoms with Crippen molar-refractivity contribution in [3.05, 3.63) is 54.1 Å². The highest BCUT2D eigenvalue weighted by Crippen LogP contribution is 2.38. The summed E-state index contributed by atoms with van der Waals surface area (Å²) in [6, 6.07) is 9.24. The lowest BCUT2D eigenvalue weighted by Crippen LogP contribution is -2.10. The molecule has 3 nitrogen and oxygen atoms in total. The van der Waals surface area contributed by atoms with E-state index in [1.165, 1.54) is 11.8 Å². The highest BCUT2D eigenvalue weighted by Gasteiger charge is 2.36. The van der Waals surface area contributed by atoms with Gasteiger partial charge in [0.15, 0.2) is 0 Å². The Bertz CT molecular complexity index is 846.